The van der Waals surface area contributed by atoms with Crippen LogP contribution in [-0.4, -0.2) is 12.1 Å². The first-order chi connectivity index (χ1) is 9.40. The third-order valence-corrected chi connectivity index (χ3v) is 4.73. The lowest BCUT2D eigenvalue weighted by Gasteiger charge is -2.40. The number of benzene rings is 1. The van der Waals surface area contributed by atoms with Crippen LogP contribution in [0, 0.1) is 12.3 Å². The van der Waals surface area contributed by atoms with Crippen LogP contribution in [0.3, 0.4) is 0 Å². The predicted molar refractivity (Wildman–Crippen MR) is 88.2 cm³/mol. The second-order valence-corrected chi connectivity index (χ2v) is 7.77. The summed E-state index contributed by atoms with van der Waals surface area (Å²) in [5, 5.41) is 3.77. The Kier molecular flexibility index (Phi) is 4.90. The highest BCUT2D eigenvalue weighted by molar-refractivity contribution is 5.27. The van der Waals surface area contributed by atoms with Gasteiger partial charge in [-0.25, -0.2) is 0 Å². The summed E-state index contributed by atoms with van der Waals surface area (Å²) in [7, 11) is 0. The van der Waals surface area contributed by atoms with Gasteiger partial charge in [0, 0.05) is 12.1 Å². The van der Waals surface area contributed by atoms with Crippen molar-refractivity contribution in [1.29, 1.82) is 0 Å². The molecule has 2 rings (SSSR count). The van der Waals surface area contributed by atoms with Crippen molar-refractivity contribution < 1.29 is 0 Å². The Balaban J connectivity index is 2.12. The molecule has 1 aromatic rings. The highest BCUT2D eigenvalue weighted by Crippen LogP contribution is 2.39. The van der Waals surface area contributed by atoms with E-state index in [-0.39, 0.29) is 5.54 Å². The van der Waals surface area contributed by atoms with Gasteiger partial charge < -0.3 is 5.32 Å². The second kappa shape index (κ2) is 6.30. The minimum atomic E-state index is 0.218. The van der Waals surface area contributed by atoms with E-state index in [1.54, 1.807) is 5.56 Å². The third-order valence-electron chi connectivity index (χ3n) is 4.73. The summed E-state index contributed by atoms with van der Waals surface area (Å²) in [6, 6.07) is 8.92. The molecule has 0 atom stereocenters. The molecule has 0 heterocycles. The molecule has 1 nitrogen and oxygen atoms in total. The molecule has 112 valence electrons. The maximum atomic E-state index is 3.77. The normalized spacial score (nSPS) is 19.0. The maximum Gasteiger partial charge on any atom is 0.00967 e. The van der Waals surface area contributed by atoms with Crippen LogP contribution >= 0.6 is 0 Å². The molecule has 0 unspecified atom stereocenters. The Bertz CT molecular complexity index is 422. The summed E-state index contributed by atoms with van der Waals surface area (Å²) < 4.78 is 0. The molecule has 1 saturated carbocycles. The van der Waals surface area contributed by atoms with Crippen LogP contribution in [-0.2, 0) is 6.42 Å². The summed E-state index contributed by atoms with van der Waals surface area (Å²) in [6.45, 7) is 10.2. The molecule has 0 bridgehead atoms. The molecule has 1 aliphatic rings. The van der Waals surface area contributed by atoms with E-state index < -0.39 is 0 Å². The van der Waals surface area contributed by atoms with Crippen LogP contribution in [0.4, 0.5) is 0 Å². The van der Waals surface area contributed by atoms with E-state index in [4.69, 9.17) is 0 Å². The zero-order valence-electron chi connectivity index (χ0n) is 13.8. The SMILES string of the molecule is Cc1ccccc1CC1(CNC(C)(C)C)CCCCC1. The largest absolute Gasteiger partial charge is 0.312 e. The van der Waals surface area contributed by atoms with Gasteiger partial charge in [-0.2, -0.15) is 0 Å². The van der Waals surface area contributed by atoms with Gasteiger partial charge in [-0.05, 0) is 63.5 Å². The Morgan fingerprint density at radius 3 is 2.30 bits per heavy atom. The topological polar surface area (TPSA) is 12.0 Å². The molecule has 1 aliphatic carbocycles. The fourth-order valence-corrected chi connectivity index (χ4v) is 3.38. The lowest BCUT2D eigenvalue weighted by atomic mass is 9.69. The molecular formula is C19H31N. The summed E-state index contributed by atoms with van der Waals surface area (Å²) in [5.41, 5.74) is 3.69. The number of aryl methyl sites for hydroxylation is 1. The standard InChI is InChI=1S/C19H31N/c1-16-10-6-7-11-17(16)14-19(12-8-5-9-13-19)15-20-18(2,3)4/h6-7,10-11,20H,5,8-9,12-15H2,1-4H3. The van der Waals surface area contributed by atoms with Crippen molar-refractivity contribution >= 4 is 0 Å². The van der Waals surface area contributed by atoms with Crippen LogP contribution in [0.2, 0.25) is 0 Å². The molecule has 0 aromatic heterocycles. The van der Waals surface area contributed by atoms with E-state index in [1.807, 2.05) is 0 Å². The van der Waals surface area contributed by atoms with E-state index in [0.29, 0.717) is 5.41 Å². The van der Waals surface area contributed by atoms with E-state index >= 15 is 0 Å². The van der Waals surface area contributed by atoms with E-state index in [1.165, 1.54) is 44.1 Å². The van der Waals surface area contributed by atoms with Gasteiger partial charge in [-0.1, -0.05) is 43.5 Å². The minimum Gasteiger partial charge on any atom is -0.312 e. The lowest BCUT2D eigenvalue weighted by molar-refractivity contribution is 0.165. The molecular weight excluding hydrogens is 242 g/mol. The molecule has 1 heteroatoms. The van der Waals surface area contributed by atoms with E-state index in [9.17, 15) is 0 Å². The lowest BCUT2D eigenvalue weighted by Crippen LogP contribution is -2.45. The summed E-state index contributed by atoms with van der Waals surface area (Å²) in [5.74, 6) is 0. The zero-order valence-corrected chi connectivity index (χ0v) is 13.8. The van der Waals surface area contributed by atoms with Crippen LogP contribution < -0.4 is 5.32 Å². The highest BCUT2D eigenvalue weighted by atomic mass is 15.0. The zero-order chi connectivity index (χ0) is 14.6. The van der Waals surface area contributed by atoms with Crippen molar-refractivity contribution in [2.75, 3.05) is 6.54 Å². The molecule has 1 fully saturated rings. The maximum absolute atomic E-state index is 3.77. The first-order valence-electron chi connectivity index (χ1n) is 8.20. The number of nitrogens with one attached hydrogen (secondary N) is 1. The molecule has 20 heavy (non-hydrogen) atoms. The molecule has 1 aromatic carbocycles. The van der Waals surface area contributed by atoms with E-state index in [2.05, 4.69) is 57.3 Å². The van der Waals surface area contributed by atoms with Crippen LogP contribution in [0.5, 0.6) is 0 Å². The van der Waals surface area contributed by atoms with Gasteiger partial charge >= 0.3 is 0 Å². The Hall–Kier alpha value is -0.820. The Morgan fingerprint density at radius 2 is 1.70 bits per heavy atom. The number of hydrogen-bond donors (Lipinski definition) is 1. The van der Waals surface area contributed by atoms with Gasteiger partial charge in [-0.3, -0.25) is 0 Å². The first kappa shape index (κ1) is 15.6. The summed E-state index contributed by atoms with van der Waals surface area (Å²) in [6.07, 6.45) is 8.22. The van der Waals surface area contributed by atoms with Crippen molar-refractivity contribution in [2.45, 2.75) is 71.8 Å². The second-order valence-electron chi connectivity index (χ2n) is 7.77. The van der Waals surface area contributed by atoms with Gasteiger partial charge in [0.2, 0.25) is 0 Å². The molecule has 0 amide bonds. The minimum absolute atomic E-state index is 0.218. The molecule has 0 saturated heterocycles. The first-order valence-corrected chi connectivity index (χ1v) is 8.20. The van der Waals surface area contributed by atoms with Crippen molar-refractivity contribution in [3.63, 3.8) is 0 Å². The molecule has 0 radical (unpaired) electrons. The highest BCUT2D eigenvalue weighted by Gasteiger charge is 2.33. The van der Waals surface area contributed by atoms with Crippen molar-refractivity contribution in [3.05, 3.63) is 35.4 Å². The predicted octanol–water partition coefficient (Wildman–Crippen LogP) is 4.88. The van der Waals surface area contributed by atoms with Crippen LogP contribution in [0.1, 0.15) is 64.0 Å². The number of hydrogen-bond acceptors (Lipinski definition) is 1. The van der Waals surface area contributed by atoms with Gasteiger partial charge in [0.05, 0.1) is 0 Å². The Labute approximate surface area is 125 Å². The van der Waals surface area contributed by atoms with Crippen molar-refractivity contribution in [3.8, 4) is 0 Å². The van der Waals surface area contributed by atoms with Crippen LogP contribution in [0.25, 0.3) is 0 Å². The Morgan fingerprint density at radius 1 is 1.05 bits per heavy atom. The monoisotopic (exact) mass is 273 g/mol. The summed E-state index contributed by atoms with van der Waals surface area (Å²) in [4.78, 5) is 0. The van der Waals surface area contributed by atoms with E-state index in [0.717, 1.165) is 6.54 Å². The average molecular weight is 273 g/mol. The van der Waals surface area contributed by atoms with Crippen molar-refractivity contribution in [2.24, 2.45) is 5.41 Å². The fraction of sp³-hybridized carbons (Fsp3) is 0.684. The average Bonchev–Trinajstić information content (AvgIpc) is 2.40. The fourth-order valence-electron chi connectivity index (χ4n) is 3.38. The van der Waals surface area contributed by atoms with Gasteiger partial charge in [0.15, 0.2) is 0 Å². The summed E-state index contributed by atoms with van der Waals surface area (Å²) >= 11 is 0. The van der Waals surface area contributed by atoms with Gasteiger partial charge in [0.1, 0.15) is 0 Å². The van der Waals surface area contributed by atoms with Gasteiger partial charge in [0.25, 0.3) is 0 Å². The third kappa shape index (κ3) is 4.34. The quantitative estimate of drug-likeness (QED) is 0.824. The smallest absolute Gasteiger partial charge is 0.00967 e. The van der Waals surface area contributed by atoms with Crippen LogP contribution in [0.15, 0.2) is 24.3 Å². The number of rotatable bonds is 4. The molecule has 0 aliphatic heterocycles. The molecule has 1 N–H and O–H groups in total. The van der Waals surface area contributed by atoms with Crippen molar-refractivity contribution in [1.82, 2.24) is 5.32 Å². The van der Waals surface area contributed by atoms with Gasteiger partial charge in [-0.15, -0.1) is 0 Å². The molecule has 0 spiro atoms.